The number of aromatic nitrogens is 1. The van der Waals surface area contributed by atoms with E-state index < -0.39 is 11.1 Å². The summed E-state index contributed by atoms with van der Waals surface area (Å²) in [5, 5.41) is -0.676. The van der Waals surface area contributed by atoms with E-state index in [0.29, 0.717) is 12.1 Å². The fourth-order valence-electron chi connectivity index (χ4n) is 2.39. The van der Waals surface area contributed by atoms with Crippen LogP contribution in [0.2, 0.25) is 0 Å². The normalized spacial score (nSPS) is 10.4. The first-order valence-electron chi connectivity index (χ1n) is 7.25. The Balaban J connectivity index is 2.00. The second-order valence-corrected chi connectivity index (χ2v) is 5.41. The van der Waals surface area contributed by atoms with Crippen LogP contribution in [0.3, 0.4) is 0 Å². The lowest BCUT2D eigenvalue weighted by molar-refractivity contribution is 0.0971. The van der Waals surface area contributed by atoms with Gasteiger partial charge in [0.1, 0.15) is 0 Å². The Bertz CT molecular complexity index is 848. The first kappa shape index (κ1) is 16.0. The van der Waals surface area contributed by atoms with Gasteiger partial charge in [-0.2, -0.15) is 0 Å². The third kappa shape index (κ3) is 3.38. The molecule has 120 valence electrons. The van der Waals surface area contributed by atoms with Crippen molar-refractivity contribution in [1.82, 2.24) is 4.98 Å². The number of anilines is 1. The molecule has 0 fully saturated rings. The molecule has 0 N–H and O–H groups in total. The van der Waals surface area contributed by atoms with Crippen molar-refractivity contribution in [2.24, 2.45) is 0 Å². The van der Waals surface area contributed by atoms with Crippen LogP contribution in [0.1, 0.15) is 21.8 Å². The molecule has 2 heterocycles. The minimum atomic E-state index is -0.676. The molecule has 1 aromatic carbocycles. The quantitative estimate of drug-likeness (QED) is 0.731. The summed E-state index contributed by atoms with van der Waals surface area (Å²) in [5.41, 5.74) is 2.09. The highest BCUT2D eigenvalue weighted by Crippen LogP contribution is 2.26. The van der Waals surface area contributed by atoms with E-state index in [1.54, 1.807) is 24.4 Å². The van der Waals surface area contributed by atoms with Gasteiger partial charge in [0.2, 0.25) is 0 Å². The minimum Gasteiger partial charge on any atom is -0.459 e. The number of furan rings is 1. The molecule has 0 atom stereocenters. The second-order valence-electron chi connectivity index (χ2n) is 5.03. The Morgan fingerprint density at radius 3 is 2.50 bits per heavy atom. The van der Waals surface area contributed by atoms with E-state index in [1.807, 2.05) is 30.3 Å². The predicted octanol–water partition coefficient (Wildman–Crippen LogP) is 3.96. The van der Waals surface area contributed by atoms with Gasteiger partial charge in [0.25, 0.3) is 5.24 Å². The molecule has 6 heteroatoms. The molecule has 3 rings (SSSR count). The Morgan fingerprint density at radius 2 is 1.83 bits per heavy atom. The number of pyridine rings is 1. The first-order chi connectivity index (χ1) is 11.7. The van der Waals surface area contributed by atoms with Gasteiger partial charge in [0.15, 0.2) is 5.76 Å². The number of para-hydroxylation sites is 1. The summed E-state index contributed by atoms with van der Waals surface area (Å²) in [6.45, 7) is 0. The van der Waals surface area contributed by atoms with Gasteiger partial charge in [-0.25, -0.2) is 4.90 Å². The zero-order chi connectivity index (χ0) is 16.9. The van der Waals surface area contributed by atoms with Crippen LogP contribution in [0.25, 0.3) is 0 Å². The summed E-state index contributed by atoms with van der Waals surface area (Å²) in [6.07, 6.45) is 3.57. The number of thiol groups is 1. The third-order valence-electron chi connectivity index (χ3n) is 3.46. The number of amides is 2. The SMILES string of the molecule is O=C(S)N(C(=O)c1ccco1)c1ccccc1Cc1ccccn1. The number of rotatable bonds is 4. The number of carbonyl (C=O) groups is 2. The Labute approximate surface area is 144 Å². The van der Waals surface area contributed by atoms with Gasteiger partial charge in [-0.05, 0) is 35.9 Å². The molecule has 24 heavy (non-hydrogen) atoms. The average molecular weight is 338 g/mol. The summed E-state index contributed by atoms with van der Waals surface area (Å²) in [7, 11) is 0. The standard InChI is InChI=1S/C18H14N2O3S/c21-17(16-9-5-11-23-16)20(18(22)24)15-8-2-1-6-13(15)12-14-7-3-4-10-19-14/h1-11H,12H2,(H,22,24). The Morgan fingerprint density at radius 1 is 1.04 bits per heavy atom. The molecule has 2 aromatic heterocycles. The Kier molecular flexibility index (Phi) is 4.77. The van der Waals surface area contributed by atoms with E-state index in [1.165, 1.54) is 12.3 Å². The lowest BCUT2D eigenvalue weighted by atomic mass is 10.1. The molecule has 0 saturated heterocycles. The fourth-order valence-corrected chi connectivity index (χ4v) is 2.58. The molecular formula is C18H14N2O3S. The summed E-state index contributed by atoms with van der Waals surface area (Å²) < 4.78 is 5.12. The van der Waals surface area contributed by atoms with E-state index in [0.717, 1.165) is 16.2 Å². The van der Waals surface area contributed by atoms with Crippen molar-refractivity contribution in [1.29, 1.82) is 0 Å². The lowest BCUT2D eigenvalue weighted by Crippen LogP contribution is -2.33. The molecule has 0 unspecified atom stereocenters. The van der Waals surface area contributed by atoms with Gasteiger partial charge in [-0.3, -0.25) is 14.6 Å². The number of hydrogen-bond donors (Lipinski definition) is 1. The van der Waals surface area contributed by atoms with E-state index in [2.05, 4.69) is 17.6 Å². The van der Waals surface area contributed by atoms with Gasteiger partial charge >= 0.3 is 5.91 Å². The van der Waals surface area contributed by atoms with E-state index in [9.17, 15) is 9.59 Å². The van der Waals surface area contributed by atoms with Crippen molar-refractivity contribution < 1.29 is 14.0 Å². The zero-order valence-corrected chi connectivity index (χ0v) is 13.5. The highest BCUT2D eigenvalue weighted by atomic mass is 32.1. The third-order valence-corrected chi connectivity index (χ3v) is 3.66. The lowest BCUT2D eigenvalue weighted by Gasteiger charge is -2.20. The first-order valence-corrected chi connectivity index (χ1v) is 7.70. The van der Waals surface area contributed by atoms with Gasteiger partial charge in [0, 0.05) is 18.3 Å². The zero-order valence-electron chi connectivity index (χ0n) is 12.6. The van der Waals surface area contributed by atoms with Crippen LogP contribution in [0.5, 0.6) is 0 Å². The number of hydrogen-bond acceptors (Lipinski definition) is 4. The van der Waals surface area contributed by atoms with Crippen LogP contribution in [-0.2, 0) is 6.42 Å². The van der Waals surface area contributed by atoms with Crippen molar-refractivity contribution in [3.05, 3.63) is 84.1 Å². The van der Waals surface area contributed by atoms with Crippen LogP contribution in [0.4, 0.5) is 10.5 Å². The topological polar surface area (TPSA) is 63.4 Å². The molecular weight excluding hydrogens is 324 g/mol. The molecule has 0 aliphatic rings. The molecule has 0 saturated carbocycles. The summed E-state index contributed by atoms with van der Waals surface area (Å²) in [6, 6.07) is 15.9. The number of carbonyl (C=O) groups excluding carboxylic acids is 2. The van der Waals surface area contributed by atoms with Gasteiger partial charge in [0.05, 0.1) is 12.0 Å². The molecule has 2 amide bonds. The molecule has 0 aliphatic heterocycles. The molecule has 0 radical (unpaired) electrons. The molecule has 0 bridgehead atoms. The van der Waals surface area contributed by atoms with Gasteiger partial charge in [-0.15, -0.1) is 0 Å². The van der Waals surface area contributed by atoms with Crippen molar-refractivity contribution in [2.45, 2.75) is 6.42 Å². The summed E-state index contributed by atoms with van der Waals surface area (Å²) in [4.78, 5) is 29.9. The number of nitrogens with zero attached hydrogens (tertiary/aromatic N) is 2. The highest BCUT2D eigenvalue weighted by molar-refractivity contribution is 7.97. The molecule has 3 aromatic rings. The highest BCUT2D eigenvalue weighted by Gasteiger charge is 2.26. The van der Waals surface area contributed by atoms with Crippen LogP contribution in [0.15, 0.2) is 71.5 Å². The predicted molar refractivity (Wildman–Crippen MR) is 93.4 cm³/mol. The molecule has 0 aliphatic carbocycles. The monoisotopic (exact) mass is 338 g/mol. The van der Waals surface area contributed by atoms with Crippen LogP contribution < -0.4 is 4.90 Å². The maximum atomic E-state index is 12.6. The largest absolute Gasteiger partial charge is 0.459 e. The van der Waals surface area contributed by atoms with Crippen LogP contribution in [0, 0.1) is 0 Å². The number of benzene rings is 1. The average Bonchev–Trinajstić information content (AvgIpc) is 3.12. The van der Waals surface area contributed by atoms with Crippen LogP contribution >= 0.6 is 12.6 Å². The maximum absolute atomic E-state index is 12.6. The van der Waals surface area contributed by atoms with Gasteiger partial charge < -0.3 is 4.42 Å². The van der Waals surface area contributed by atoms with E-state index in [4.69, 9.17) is 4.42 Å². The Hall–Kier alpha value is -2.86. The van der Waals surface area contributed by atoms with Crippen molar-refractivity contribution >= 4 is 29.5 Å². The van der Waals surface area contributed by atoms with E-state index >= 15 is 0 Å². The van der Waals surface area contributed by atoms with Gasteiger partial charge in [-0.1, -0.05) is 36.9 Å². The smallest absolute Gasteiger partial charge is 0.301 e. The molecule has 5 nitrogen and oxygen atoms in total. The summed E-state index contributed by atoms with van der Waals surface area (Å²) >= 11 is 3.86. The number of imide groups is 1. The van der Waals surface area contributed by atoms with Crippen molar-refractivity contribution in [2.75, 3.05) is 4.90 Å². The second kappa shape index (κ2) is 7.14. The minimum absolute atomic E-state index is 0.0741. The van der Waals surface area contributed by atoms with Crippen molar-refractivity contribution in [3.8, 4) is 0 Å². The van der Waals surface area contributed by atoms with Crippen LogP contribution in [-0.4, -0.2) is 16.1 Å². The maximum Gasteiger partial charge on any atom is 0.301 e. The molecule has 0 spiro atoms. The van der Waals surface area contributed by atoms with Crippen molar-refractivity contribution in [3.63, 3.8) is 0 Å². The fraction of sp³-hybridized carbons (Fsp3) is 0.0556. The van der Waals surface area contributed by atoms with E-state index in [-0.39, 0.29) is 5.76 Å². The summed E-state index contributed by atoms with van der Waals surface area (Å²) in [5.74, 6) is -0.487.